The van der Waals surface area contributed by atoms with Gasteiger partial charge in [0.1, 0.15) is 0 Å². The predicted octanol–water partition coefficient (Wildman–Crippen LogP) is 5.12. The first-order valence-corrected chi connectivity index (χ1v) is 8.82. The van der Waals surface area contributed by atoms with E-state index in [0.717, 1.165) is 17.7 Å². The van der Waals surface area contributed by atoms with Gasteiger partial charge in [-0.3, -0.25) is 4.79 Å². The molecule has 0 radical (unpaired) electrons. The molecule has 2 heteroatoms. The fourth-order valence-electron chi connectivity index (χ4n) is 3.78. The highest BCUT2D eigenvalue weighted by Crippen LogP contribution is 2.49. The molecule has 1 fully saturated rings. The highest BCUT2D eigenvalue weighted by molar-refractivity contribution is 6.07. The summed E-state index contributed by atoms with van der Waals surface area (Å²) in [6.07, 6.45) is 0.914. The summed E-state index contributed by atoms with van der Waals surface area (Å²) in [5.41, 5.74) is 4.52. The number of hydrogen-bond acceptors (Lipinski definition) is 1. The van der Waals surface area contributed by atoms with Crippen LogP contribution in [0.15, 0.2) is 84.9 Å². The van der Waals surface area contributed by atoms with Crippen molar-refractivity contribution in [1.29, 1.82) is 0 Å². The summed E-state index contributed by atoms with van der Waals surface area (Å²) in [5.74, 6) is 0.0643. The van der Waals surface area contributed by atoms with Crippen LogP contribution in [-0.2, 0) is 11.2 Å². The van der Waals surface area contributed by atoms with Gasteiger partial charge in [0.25, 0.3) is 0 Å². The minimum atomic E-state index is -0.117. The fraction of sp³-hybridized carbons (Fsp3) is 0.174. The zero-order chi connectivity index (χ0) is 17.2. The van der Waals surface area contributed by atoms with Gasteiger partial charge in [-0.2, -0.15) is 0 Å². The molecule has 0 aromatic heterocycles. The minimum absolute atomic E-state index is 0.0452. The Morgan fingerprint density at radius 1 is 0.760 bits per heavy atom. The molecular formula is C23H21NO. The average Bonchev–Trinajstić information content (AvgIpc) is 2.68. The third-order valence-corrected chi connectivity index (χ3v) is 5.03. The number of nitrogens with zero attached hydrogens (tertiary/aromatic N) is 1. The maximum Gasteiger partial charge on any atom is 0.237 e. The van der Waals surface area contributed by atoms with Crippen molar-refractivity contribution in [1.82, 2.24) is 0 Å². The highest BCUT2D eigenvalue weighted by Gasteiger charge is 2.49. The number of amides is 1. The quantitative estimate of drug-likeness (QED) is 0.609. The zero-order valence-corrected chi connectivity index (χ0v) is 14.3. The molecule has 1 aliphatic heterocycles. The van der Waals surface area contributed by atoms with Crippen LogP contribution in [0.3, 0.4) is 0 Å². The molecule has 1 aliphatic rings. The number of rotatable bonds is 4. The van der Waals surface area contributed by atoms with Crippen LogP contribution in [-0.4, -0.2) is 5.91 Å². The summed E-state index contributed by atoms with van der Waals surface area (Å²) in [5, 5.41) is 0. The van der Waals surface area contributed by atoms with Crippen molar-refractivity contribution in [2.75, 3.05) is 4.90 Å². The van der Waals surface area contributed by atoms with Crippen molar-refractivity contribution >= 4 is 11.6 Å². The number of anilines is 1. The van der Waals surface area contributed by atoms with Crippen molar-refractivity contribution in [3.8, 4) is 0 Å². The van der Waals surface area contributed by atoms with Gasteiger partial charge in [-0.25, -0.2) is 0 Å². The van der Waals surface area contributed by atoms with E-state index < -0.39 is 0 Å². The molecule has 3 aromatic rings. The highest BCUT2D eigenvalue weighted by atomic mass is 16.2. The first-order valence-electron chi connectivity index (χ1n) is 8.82. The molecule has 1 saturated heterocycles. The van der Waals surface area contributed by atoms with E-state index in [4.69, 9.17) is 0 Å². The van der Waals surface area contributed by atoms with Gasteiger partial charge < -0.3 is 4.90 Å². The molecular weight excluding hydrogens is 306 g/mol. The summed E-state index contributed by atoms with van der Waals surface area (Å²) in [4.78, 5) is 15.1. The van der Waals surface area contributed by atoms with Crippen molar-refractivity contribution in [3.05, 3.63) is 102 Å². The lowest BCUT2D eigenvalue weighted by molar-refractivity contribution is -0.126. The fourth-order valence-corrected chi connectivity index (χ4v) is 3.78. The van der Waals surface area contributed by atoms with Gasteiger partial charge in [-0.1, -0.05) is 85.8 Å². The van der Waals surface area contributed by atoms with Crippen LogP contribution in [0.1, 0.15) is 35.6 Å². The van der Waals surface area contributed by atoms with Gasteiger partial charge in [-0.05, 0) is 29.2 Å². The van der Waals surface area contributed by atoms with Gasteiger partial charge in [0.05, 0.1) is 12.0 Å². The van der Waals surface area contributed by atoms with Crippen molar-refractivity contribution in [2.24, 2.45) is 0 Å². The van der Waals surface area contributed by atoms with E-state index in [9.17, 15) is 4.79 Å². The molecule has 0 aliphatic carbocycles. The second-order valence-electron chi connectivity index (χ2n) is 6.43. The van der Waals surface area contributed by atoms with Crippen LogP contribution < -0.4 is 4.90 Å². The monoisotopic (exact) mass is 327 g/mol. The lowest BCUT2D eigenvalue weighted by Gasteiger charge is -2.48. The summed E-state index contributed by atoms with van der Waals surface area (Å²) >= 11 is 0. The molecule has 3 aromatic carbocycles. The van der Waals surface area contributed by atoms with E-state index in [1.807, 2.05) is 53.4 Å². The Kier molecular flexibility index (Phi) is 4.10. The Hall–Kier alpha value is -2.87. The van der Waals surface area contributed by atoms with Crippen LogP contribution in [0, 0.1) is 0 Å². The third-order valence-electron chi connectivity index (χ3n) is 5.03. The largest absolute Gasteiger partial charge is 0.303 e. The zero-order valence-electron chi connectivity index (χ0n) is 14.3. The molecule has 2 nitrogen and oxygen atoms in total. The second kappa shape index (κ2) is 6.56. The smallest absolute Gasteiger partial charge is 0.237 e. The maximum atomic E-state index is 13.1. The van der Waals surface area contributed by atoms with Gasteiger partial charge >= 0.3 is 0 Å². The molecule has 4 rings (SSSR count). The van der Waals surface area contributed by atoms with Crippen LogP contribution in [0.4, 0.5) is 5.69 Å². The lowest BCUT2D eigenvalue weighted by Crippen LogP contribution is -2.54. The molecule has 1 heterocycles. The maximum absolute atomic E-state index is 13.1. The van der Waals surface area contributed by atoms with Crippen LogP contribution >= 0.6 is 0 Å². The molecule has 0 spiro atoms. The third kappa shape index (κ3) is 2.64. The number of hydrogen-bond donors (Lipinski definition) is 0. The summed E-state index contributed by atoms with van der Waals surface area (Å²) < 4.78 is 0. The molecule has 2 atom stereocenters. The molecule has 25 heavy (non-hydrogen) atoms. The number of β-lactam (4-membered cyclic amide) rings is 1. The molecule has 1 amide bonds. The number of benzene rings is 3. The molecule has 0 bridgehead atoms. The van der Waals surface area contributed by atoms with Crippen molar-refractivity contribution < 1.29 is 4.79 Å². The second-order valence-corrected chi connectivity index (χ2v) is 6.43. The number of aryl methyl sites for hydroxylation is 1. The Labute approximate surface area is 148 Å². The first kappa shape index (κ1) is 15.6. The number of carbonyl (C=O) groups is 1. The average molecular weight is 327 g/mol. The summed E-state index contributed by atoms with van der Waals surface area (Å²) in [7, 11) is 0. The van der Waals surface area contributed by atoms with E-state index in [0.29, 0.717) is 0 Å². The Morgan fingerprint density at radius 3 is 1.96 bits per heavy atom. The van der Waals surface area contributed by atoms with Crippen molar-refractivity contribution in [3.63, 3.8) is 0 Å². The van der Waals surface area contributed by atoms with E-state index in [2.05, 4.69) is 43.3 Å². The van der Waals surface area contributed by atoms with E-state index in [1.165, 1.54) is 11.1 Å². The standard InChI is InChI=1S/C23H21NO/c1-2-17-11-9-10-16-20(17)24-22(19-14-7-4-8-15-19)21(23(24)25)18-12-5-3-6-13-18/h3-16,21-22H,2H2,1H3/t21-,22-/m0/s1. The first-order chi connectivity index (χ1) is 12.3. The molecule has 0 saturated carbocycles. The van der Waals surface area contributed by atoms with Crippen molar-refractivity contribution in [2.45, 2.75) is 25.3 Å². The number of carbonyl (C=O) groups excluding carboxylic acids is 1. The summed E-state index contributed by atoms with van der Waals surface area (Å²) in [6.45, 7) is 2.13. The summed E-state index contributed by atoms with van der Waals surface area (Å²) in [6, 6.07) is 28.7. The van der Waals surface area contributed by atoms with Gasteiger partial charge in [-0.15, -0.1) is 0 Å². The molecule has 124 valence electrons. The van der Waals surface area contributed by atoms with Gasteiger partial charge in [0.15, 0.2) is 0 Å². The Balaban J connectivity index is 1.81. The predicted molar refractivity (Wildman–Crippen MR) is 102 cm³/mol. The van der Waals surface area contributed by atoms with E-state index in [-0.39, 0.29) is 17.9 Å². The normalized spacial score (nSPS) is 19.6. The topological polar surface area (TPSA) is 20.3 Å². The van der Waals surface area contributed by atoms with E-state index in [1.54, 1.807) is 0 Å². The number of para-hydroxylation sites is 1. The van der Waals surface area contributed by atoms with Crippen LogP contribution in [0.2, 0.25) is 0 Å². The van der Waals surface area contributed by atoms with Gasteiger partial charge in [0, 0.05) is 5.69 Å². The van der Waals surface area contributed by atoms with Crippen LogP contribution in [0.25, 0.3) is 0 Å². The molecule has 0 N–H and O–H groups in total. The Morgan fingerprint density at radius 2 is 1.32 bits per heavy atom. The van der Waals surface area contributed by atoms with Crippen LogP contribution in [0.5, 0.6) is 0 Å². The molecule has 0 unspecified atom stereocenters. The SMILES string of the molecule is CCc1ccccc1N1C(=O)[C@@H](c2ccccc2)[C@@H]1c1ccccc1. The van der Waals surface area contributed by atoms with E-state index >= 15 is 0 Å². The lowest BCUT2D eigenvalue weighted by atomic mass is 9.77. The Bertz CT molecular complexity index is 873. The van der Waals surface area contributed by atoms with Gasteiger partial charge in [0.2, 0.25) is 5.91 Å². The minimum Gasteiger partial charge on any atom is -0.303 e.